The fourth-order valence-corrected chi connectivity index (χ4v) is 5.48. The molecule has 0 radical (unpaired) electrons. The molecule has 0 aliphatic carbocycles. The summed E-state index contributed by atoms with van der Waals surface area (Å²) < 4.78 is 27.5. The average molecular weight is 465 g/mol. The topological polar surface area (TPSA) is 66.4 Å². The van der Waals surface area contributed by atoms with Gasteiger partial charge < -0.3 is 4.90 Å². The summed E-state index contributed by atoms with van der Waals surface area (Å²) in [6, 6.07) is 23.9. The summed E-state index contributed by atoms with van der Waals surface area (Å²) in [6.07, 6.45) is 0. The summed E-state index contributed by atoms with van der Waals surface area (Å²) in [5, 5.41) is 1.61. The van der Waals surface area contributed by atoms with Crippen LogP contribution in [0.3, 0.4) is 0 Å². The van der Waals surface area contributed by atoms with Gasteiger partial charge in [0.15, 0.2) is 5.82 Å². The smallest absolute Gasteiger partial charge is 0.243 e. The van der Waals surface area contributed by atoms with Crippen molar-refractivity contribution < 1.29 is 8.42 Å². The molecule has 1 fully saturated rings. The highest BCUT2D eigenvalue weighted by Crippen LogP contribution is 2.29. The van der Waals surface area contributed by atoms with Crippen LogP contribution < -0.4 is 4.90 Å². The first-order chi connectivity index (χ1) is 15.5. The lowest BCUT2D eigenvalue weighted by Gasteiger charge is -2.35. The van der Waals surface area contributed by atoms with Crippen LogP contribution in [0.25, 0.3) is 22.3 Å². The first-order valence-electron chi connectivity index (χ1n) is 10.4. The summed E-state index contributed by atoms with van der Waals surface area (Å²) in [7, 11) is -3.50. The third kappa shape index (κ3) is 3.95. The van der Waals surface area contributed by atoms with Gasteiger partial charge >= 0.3 is 0 Å². The molecule has 1 aliphatic heterocycles. The molecule has 1 saturated heterocycles. The minimum absolute atomic E-state index is 0.325. The number of hydrogen-bond donors (Lipinski definition) is 0. The first kappa shape index (κ1) is 20.9. The van der Waals surface area contributed by atoms with Crippen LogP contribution in [0, 0.1) is 0 Å². The van der Waals surface area contributed by atoms with Gasteiger partial charge in [0.25, 0.3) is 0 Å². The highest BCUT2D eigenvalue weighted by atomic mass is 35.5. The standard InChI is InChI=1S/C24H21ClN4O2S/c25-19-12-10-18(11-13-19)23-26-22-9-5-4-8-21(22)24(27-23)28-14-16-29(17-15-28)32(30,31)20-6-2-1-3-7-20/h1-13H,14-17H2. The molecule has 6 nitrogen and oxygen atoms in total. The van der Waals surface area contributed by atoms with E-state index in [1.54, 1.807) is 28.6 Å². The van der Waals surface area contributed by atoms with Crippen LogP contribution in [0.1, 0.15) is 0 Å². The monoisotopic (exact) mass is 464 g/mol. The minimum atomic E-state index is -3.50. The predicted octanol–water partition coefficient (Wildman–Crippen LogP) is 4.46. The quantitative estimate of drug-likeness (QED) is 0.446. The SMILES string of the molecule is O=S(=O)(c1ccccc1)N1CCN(c2nc(-c3ccc(Cl)cc3)nc3ccccc23)CC1. The van der Waals surface area contributed by atoms with E-state index in [0.29, 0.717) is 41.9 Å². The molecule has 4 aromatic rings. The third-order valence-corrected chi connectivity index (χ3v) is 7.77. The summed E-state index contributed by atoms with van der Waals surface area (Å²) in [6.45, 7) is 1.89. The van der Waals surface area contributed by atoms with Crippen LogP contribution in [0.5, 0.6) is 0 Å². The van der Waals surface area contributed by atoms with Crippen LogP contribution in [0.4, 0.5) is 5.82 Å². The Labute approximate surface area is 192 Å². The zero-order valence-electron chi connectivity index (χ0n) is 17.2. The number of halogens is 1. The van der Waals surface area contributed by atoms with Gasteiger partial charge in [-0.2, -0.15) is 4.31 Å². The number of hydrogen-bond acceptors (Lipinski definition) is 5. The van der Waals surface area contributed by atoms with Crippen LogP contribution >= 0.6 is 11.6 Å². The van der Waals surface area contributed by atoms with Crippen molar-refractivity contribution in [1.29, 1.82) is 0 Å². The van der Waals surface area contributed by atoms with E-state index in [-0.39, 0.29) is 0 Å². The predicted molar refractivity (Wildman–Crippen MR) is 127 cm³/mol. The molecule has 0 atom stereocenters. The van der Waals surface area contributed by atoms with E-state index in [9.17, 15) is 8.42 Å². The van der Waals surface area contributed by atoms with Crippen LogP contribution in [0.15, 0.2) is 83.8 Å². The maximum Gasteiger partial charge on any atom is 0.243 e. The molecule has 5 rings (SSSR count). The normalized spacial score (nSPS) is 15.2. The fraction of sp³-hybridized carbons (Fsp3) is 0.167. The highest BCUT2D eigenvalue weighted by Gasteiger charge is 2.29. The summed E-state index contributed by atoms with van der Waals surface area (Å²) >= 11 is 6.04. The molecule has 162 valence electrons. The Balaban J connectivity index is 1.46. The van der Waals surface area contributed by atoms with Gasteiger partial charge in [0.1, 0.15) is 5.82 Å². The molecule has 0 spiro atoms. The second-order valence-corrected chi connectivity index (χ2v) is 9.97. The zero-order valence-corrected chi connectivity index (χ0v) is 18.8. The molecule has 32 heavy (non-hydrogen) atoms. The Morgan fingerprint density at radius 1 is 0.750 bits per heavy atom. The second-order valence-electron chi connectivity index (χ2n) is 7.60. The van der Waals surface area contributed by atoms with Crippen molar-refractivity contribution >= 4 is 38.3 Å². The first-order valence-corrected chi connectivity index (χ1v) is 12.2. The van der Waals surface area contributed by atoms with Crippen molar-refractivity contribution in [2.45, 2.75) is 4.90 Å². The van der Waals surface area contributed by atoms with Gasteiger partial charge in [-0.3, -0.25) is 0 Å². The molecular formula is C24H21ClN4O2S. The van der Waals surface area contributed by atoms with Gasteiger partial charge in [-0.25, -0.2) is 18.4 Å². The number of rotatable bonds is 4. The number of aromatic nitrogens is 2. The Hall–Kier alpha value is -3.00. The highest BCUT2D eigenvalue weighted by molar-refractivity contribution is 7.89. The summed E-state index contributed by atoms with van der Waals surface area (Å²) in [4.78, 5) is 12.1. The lowest BCUT2D eigenvalue weighted by Crippen LogP contribution is -2.49. The molecule has 0 N–H and O–H groups in total. The van der Waals surface area contributed by atoms with E-state index in [1.165, 1.54) is 0 Å². The molecule has 8 heteroatoms. The number of benzene rings is 3. The minimum Gasteiger partial charge on any atom is -0.353 e. The summed E-state index contributed by atoms with van der Waals surface area (Å²) in [5.74, 6) is 1.44. The van der Waals surface area contributed by atoms with Crippen molar-refractivity contribution in [2.75, 3.05) is 31.1 Å². The molecule has 0 saturated carbocycles. The van der Waals surface area contributed by atoms with Crippen molar-refractivity contribution in [3.8, 4) is 11.4 Å². The van der Waals surface area contributed by atoms with Crippen molar-refractivity contribution in [2.24, 2.45) is 0 Å². The van der Waals surface area contributed by atoms with E-state index in [1.807, 2.05) is 54.6 Å². The molecule has 0 amide bonds. The van der Waals surface area contributed by atoms with E-state index in [0.717, 1.165) is 22.3 Å². The molecule has 0 unspecified atom stereocenters. The molecule has 1 aliphatic rings. The lowest BCUT2D eigenvalue weighted by atomic mass is 10.1. The van der Waals surface area contributed by atoms with Gasteiger partial charge in [-0.1, -0.05) is 41.9 Å². The maximum atomic E-state index is 13.0. The van der Waals surface area contributed by atoms with Crippen LogP contribution in [-0.2, 0) is 10.0 Å². The van der Waals surface area contributed by atoms with E-state index in [2.05, 4.69) is 4.90 Å². The number of sulfonamides is 1. The third-order valence-electron chi connectivity index (χ3n) is 5.60. The number of nitrogens with zero attached hydrogens (tertiary/aromatic N) is 4. The van der Waals surface area contributed by atoms with E-state index < -0.39 is 10.0 Å². The van der Waals surface area contributed by atoms with Gasteiger partial charge in [0.2, 0.25) is 10.0 Å². The van der Waals surface area contributed by atoms with Gasteiger partial charge in [0.05, 0.1) is 10.4 Å². The number of anilines is 1. The molecule has 1 aromatic heterocycles. The zero-order chi connectivity index (χ0) is 22.1. The van der Waals surface area contributed by atoms with E-state index in [4.69, 9.17) is 21.6 Å². The molecule has 3 aromatic carbocycles. The van der Waals surface area contributed by atoms with Crippen LogP contribution in [-0.4, -0.2) is 48.9 Å². The largest absolute Gasteiger partial charge is 0.353 e. The number of fused-ring (bicyclic) bond motifs is 1. The van der Waals surface area contributed by atoms with Crippen molar-refractivity contribution in [3.63, 3.8) is 0 Å². The fourth-order valence-electron chi connectivity index (χ4n) is 3.91. The number of piperazine rings is 1. The number of para-hydroxylation sites is 1. The molecule has 2 heterocycles. The molecular weight excluding hydrogens is 444 g/mol. The van der Waals surface area contributed by atoms with Crippen molar-refractivity contribution in [3.05, 3.63) is 83.9 Å². The van der Waals surface area contributed by atoms with Crippen molar-refractivity contribution in [1.82, 2.24) is 14.3 Å². The lowest BCUT2D eigenvalue weighted by molar-refractivity contribution is 0.384. The van der Waals surface area contributed by atoms with Gasteiger partial charge in [0, 0.05) is 42.2 Å². The molecule has 0 bridgehead atoms. The maximum absolute atomic E-state index is 13.0. The average Bonchev–Trinajstić information content (AvgIpc) is 2.84. The van der Waals surface area contributed by atoms with Crippen LogP contribution in [0.2, 0.25) is 5.02 Å². The second kappa shape index (κ2) is 8.50. The van der Waals surface area contributed by atoms with Gasteiger partial charge in [-0.15, -0.1) is 0 Å². The Morgan fingerprint density at radius 2 is 1.41 bits per heavy atom. The Bertz CT molecular complexity index is 1350. The summed E-state index contributed by atoms with van der Waals surface area (Å²) in [5.41, 5.74) is 1.73. The van der Waals surface area contributed by atoms with Gasteiger partial charge in [-0.05, 0) is 48.5 Å². The van der Waals surface area contributed by atoms with E-state index >= 15 is 0 Å². The Morgan fingerprint density at radius 3 is 2.12 bits per heavy atom. The Kier molecular flexibility index (Phi) is 5.55.